The van der Waals surface area contributed by atoms with E-state index >= 15 is 0 Å². The monoisotopic (exact) mass is 214 g/mol. The fraction of sp³-hybridized carbons (Fsp3) is 0.154. The molecule has 0 bridgehead atoms. The Bertz CT molecular complexity index is 509. The van der Waals surface area contributed by atoms with Crippen molar-refractivity contribution in [2.24, 2.45) is 0 Å². The fourth-order valence-electron chi connectivity index (χ4n) is 1.67. The highest BCUT2D eigenvalue weighted by Gasteiger charge is 2.08. The van der Waals surface area contributed by atoms with E-state index in [1.807, 2.05) is 31.2 Å². The van der Waals surface area contributed by atoms with E-state index in [9.17, 15) is 0 Å². The van der Waals surface area contributed by atoms with Crippen LogP contribution in [0.2, 0.25) is 0 Å². The summed E-state index contributed by atoms with van der Waals surface area (Å²) in [5.74, 6) is 0.785. The topological polar surface area (TPSA) is 48.1 Å². The second-order valence-electron chi connectivity index (χ2n) is 3.67. The summed E-state index contributed by atoms with van der Waals surface area (Å²) < 4.78 is 5.30. The molecule has 0 saturated carbocycles. The molecule has 0 unspecified atom stereocenters. The molecule has 0 aliphatic rings. The van der Waals surface area contributed by atoms with Crippen LogP contribution in [0.3, 0.4) is 0 Å². The molecule has 1 aromatic heterocycles. The second-order valence-corrected chi connectivity index (χ2v) is 3.67. The maximum absolute atomic E-state index is 5.96. The Hall–Kier alpha value is -2.03. The van der Waals surface area contributed by atoms with Gasteiger partial charge in [0.2, 0.25) is 0 Å². The number of aryl methyl sites for hydroxylation is 1. The Morgan fingerprint density at radius 1 is 1.19 bits per heavy atom. The minimum absolute atomic E-state index is 0.733. The zero-order valence-electron chi connectivity index (χ0n) is 9.40. The normalized spacial score (nSPS) is 10.1. The number of nitrogen functional groups attached to an aromatic ring is 1. The van der Waals surface area contributed by atoms with Gasteiger partial charge in [-0.15, -0.1) is 0 Å². The van der Waals surface area contributed by atoms with Crippen molar-refractivity contribution >= 4 is 5.69 Å². The van der Waals surface area contributed by atoms with Gasteiger partial charge in [-0.1, -0.05) is 11.6 Å². The van der Waals surface area contributed by atoms with Gasteiger partial charge in [0.15, 0.2) is 0 Å². The van der Waals surface area contributed by atoms with E-state index in [0.717, 1.165) is 28.1 Å². The van der Waals surface area contributed by atoms with Gasteiger partial charge in [-0.2, -0.15) is 0 Å². The molecule has 82 valence electrons. The van der Waals surface area contributed by atoms with Gasteiger partial charge in [-0.05, 0) is 25.1 Å². The largest absolute Gasteiger partial charge is 0.496 e. The molecule has 0 radical (unpaired) electrons. The third kappa shape index (κ3) is 1.84. The van der Waals surface area contributed by atoms with Gasteiger partial charge in [-0.25, -0.2) is 0 Å². The number of hydrogen-bond donors (Lipinski definition) is 1. The minimum atomic E-state index is 0.733. The summed E-state index contributed by atoms with van der Waals surface area (Å²) in [6, 6.07) is 7.75. The average molecular weight is 214 g/mol. The quantitative estimate of drug-likeness (QED) is 0.782. The summed E-state index contributed by atoms with van der Waals surface area (Å²) in [5, 5.41) is 0. The molecule has 2 rings (SSSR count). The lowest BCUT2D eigenvalue weighted by Crippen LogP contribution is -1.94. The Morgan fingerprint density at radius 2 is 2.00 bits per heavy atom. The van der Waals surface area contributed by atoms with Crippen LogP contribution in [0.5, 0.6) is 5.75 Å². The molecule has 16 heavy (non-hydrogen) atoms. The van der Waals surface area contributed by atoms with E-state index in [-0.39, 0.29) is 0 Å². The Labute approximate surface area is 94.9 Å². The number of rotatable bonds is 2. The van der Waals surface area contributed by atoms with E-state index < -0.39 is 0 Å². The summed E-state index contributed by atoms with van der Waals surface area (Å²) in [4.78, 5) is 4.10. The molecule has 3 heteroatoms. The predicted molar refractivity (Wildman–Crippen MR) is 65.4 cm³/mol. The van der Waals surface area contributed by atoms with Gasteiger partial charge in [0, 0.05) is 29.2 Å². The number of methoxy groups -OCH3 is 1. The lowest BCUT2D eigenvalue weighted by molar-refractivity contribution is 0.416. The first kappa shape index (κ1) is 10.5. The fourth-order valence-corrected chi connectivity index (χ4v) is 1.67. The van der Waals surface area contributed by atoms with Crippen molar-refractivity contribution in [1.29, 1.82) is 0 Å². The summed E-state index contributed by atoms with van der Waals surface area (Å²) >= 11 is 0. The van der Waals surface area contributed by atoms with E-state index in [0.29, 0.717) is 0 Å². The highest BCUT2D eigenvalue weighted by Crippen LogP contribution is 2.33. The van der Waals surface area contributed by atoms with Gasteiger partial charge in [-0.3, -0.25) is 4.98 Å². The first-order valence-electron chi connectivity index (χ1n) is 5.07. The highest BCUT2D eigenvalue weighted by molar-refractivity contribution is 5.80. The smallest absolute Gasteiger partial charge is 0.129 e. The predicted octanol–water partition coefficient (Wildman–Crippen LogP) is 2.65. The summed E-state index contributed by atoms with van der Waals surface area (Å²) in [6.07, 6.45) is 3.47. The van der Waals surface area contributed by atoms with E-state index in [1.54, 1.807) is 19.5 Å². The number of benzene rings is 1. The van der Waals surface area contributed by atoms with Gasteiger partial charge in [0.05, 0.1) is 7.11 Å². The number of hydrogen-bond acceptors (Lipinski definition) is 3. The van der Waals surface area contributed by atoms with E-state index in [2.05, 4.69) is 4.98 Å². The average Bonchev–Trinajstić information content (AvgIpc) is 2.32. The van der Waals surface area contributed by atoms with Crippen LogP contribution in [0.1, 0.15) is 5.56 Å². The maximum Gasteiger partial charge on any atom is 0.129 e. The molecule has 0 saturated heterocycles. The zero-order valence-corrected chi connectivity index (χ0v) is 9.40. The van der Waals surface area contributed by atoms with Gasteiger partial charge < -0.3 is 10.5 Å². The number of pyridine rings is 1. The van der Waals surface area contributed by atoms with Crippen LogP contribution in [0.15, 0.2) is 36.7 Å². The van der Waals surface area contributed by atoms with Gasteiger partial charge in [0.25, 0.3) is 0 Å². The Balaban J connectivity index is 2.62. The van der Waals surface area contributed by atoms with Crippen LogP contribution in [-0.4, -0.2) is 12.1 Å². The first-order chi connectivity index (χ1) is 7.72. The van der Waals surface area contributed by atoms with Crippen LogP contribution in [0.25, 0.3) is 11.1 Å². The molecule has 3 nitrogen and oxygen atoms in total. The number of nitrogens with two attached hydrogens (primary N) is 1. The van der Waals surface area contributed by atoms with Crippen LogP contribution in [-0.2, 0) is 0 Å². The number of ether oxygens (including phenoxy) is 1. The van der Waals surface area contributed by atoms with Crippen LogP contribution in [0, 0.1) is 6.92 Å². The number of aromatic nitrogens is 1. The number of nitrogens with zero attached hydrogens (tertiary/aromatic N) is 1. The van der Waals surface area contributed by atoms with Crippen molar-refractivity contribution in [2.75, 3.05) is 12.8 Å². The molecule has 0 aliphatic heterocycles. The SMILES string of the molecule is COc1ccncc1-c1cc(C)ccc1N. The zero-order chi connectivity index (χ0) is 11.5. The molecule has 0 aliphatic carbocycles. The molecule has 1 heterocycles. The van der Waals surface area contributed by atoms with E-state index in [4.69, 9.17) is 10.5 Å². The van der Waals surface area contributed by atoms with Crippen LogP contribution >= 0.6 is 0 Å². The molecule has 0 spiro atoms. The second kappa shape index (κ2) is 4.23. The third-order valence-corrected chi connectivity index (χ3v) is 2.50. The summed E-state index contributed by atoms with van der Waals surface area (Å²) in [5.41, 5.74) is 9.74. The van der Waals surface area contributed by atoms with Crippen LogP contribution in [0.4, 0.5) is 5.69 Å². The van der Waals surface area contributed by atoms with Crippen molar-refractivity contribution in [3.05, 3.63) is 42.2 Å². The summed E-state index contributed by atoms with van der Waals surface area (Å²) in [7, 11) is 1.64. The molecule has 0 atom stereocenters. The maximum atomic E-state index is 5.96. The lowest BCUT2D eigenvalue weighted by atomic mass is 10.0. The Kier molecular flexibility index (Phi) is 2.77. The lowest BCUT2D eigenvalue weighted by Gasteiger charge is -2.10. The standard InChI is InChI=1S/C13H14N2O/c1-9-3-4-12(14)10(7-9)11-8-15-6-5-13(11)16-2/h3-8H,14H2,1-2H3. The molecule has 0 amide bonds. The van der Waals surface area contributed by atoms with Crippen molar-refractivity contribution < 1.29 is 4.74 Å². The van der Waals surface area contributed by atoms with Crippen molar-refractivity contribution in [1.82, 2.24) is 4.98 Å². The first-order valence-corrected chi connectivity index (χ1v) is 5.07. The highest BCUT2D eigenvalue weighted by atomic mass is 16.5. The van der Waals surface area contributed by atoms with E-state index in [1.165, 1.54) is 0 Å². The van der Waals surface area contributed by atoms with Gasteiger partial charge >= 0.3 is 0 Å². The Morgan fingerprint density at radius 3 is 2.75 bits per heavy atom. The summed E-state index contributed by atoms with van der Waals surface area (Å²) in [6.45, 7) is 2.03. The molecular formula is C13H14N2O. The number of anilines is 1. The molecule has 1 aromatic carbocycles. The van der Waals surface area contributed by atoms with Gasteiger partial charge in [0.1, 0.15) is 5.75 Å². The third-order valence-electron chi connectivity index (χ3n) is 2.50. The molecular weight excluding hydrogens is 200 g/mol. The van der Waals surface area contributed by atoms with Crippen molar-refractivity contribution in [2.45, 2.75) is 6.92 Å². The molecule has 0 fully saturated rings. The molecule has 2 N–H and O–H groups in total. The van der Waals surface area contributed by atoms with Crippen LogP contribution < -0.4 is 10.5 Å². The van der Waals surface area contributed by atoms with Crippen molar-refractivity contribution in [3.63, 3.8) is 0 Å². The minimum Gasteiger partial charge on any atom is -0.496 e. The molecule has 2 aromatic rings. The van der Waals surface area contributed by atoms with Crippen molar-refractivity contribution in [3.8, 4) is 16.9 Å².